The highest BCUT2D eigenvalue weighted by Gasteiger charge is 2.50. The normalized spacial score (nSPS) is 23.3. The molecule has 30 heavy (non-hydrogen) atoms. The van der Waals surface area contributed by atoms with Gasteiger partial charge in [-0.05, 0) is 68.3 Å². The molecule has 1 amide bonds. The van der Waals surface area contributed by atoms with Crippen molar-refractivity contribution >= 4 is 27.5 Å². The molecule has 1 aromatic heterocycles. The lowest BCUT2D eigenvalue weighted by atomic mass is 9.91. The smallest absolute Gasteiger partial charge is 0.274 e. The van der Waals surface area contributed by atoms with Gasteiger partial charge in [0.25, 0.3) is 5.91 Å². The Morgan fingerprint density at radius 2 is 1.93 bits per heavy atom. The largest absolute Gasteiger partial charge is 0.363 e. The molecule has 162 valence electrons. The monoisotopic (exact) mass is 437 g/mol. The summed E-state index contributed by atoms with van der Waals surface area (Å²) in [7, 11) is -1.52. The van der Waals surface area contributed by atoms with Crippen LogP contribution in [0.5, 0.6) is 0 Å². The number of hydrogen-bond donors (Lipinski definition) is 5. The lowest BCUT2D eigenvalue weighted by Gasteiger charge is -2.51. The molecular weight excluding hydrogens is 412 g/mol. The van der Waals surface area contributed by atoms with Gasteiger partial charge in [0.15, 0.2) is 0 Å². The van der Waals surface area contributed by atoms with Crippen LogP contribution in [-0.4, -0.2) is 38.5 Å². The molecule has 3 rings (SSSR count). The minimum Gasteiger partial charge on any atom is -0.363 e. The second kappa shape index (κ2) is 7.51. The molecule has 1 atom stereocenters. The van der Waals surface area contributed by atoms with Gasteiger partial charge in [-0.2, -0.15) is 0 Å². The van der Waals surface area contributed by atoms with Crippen LogP contribution in [0.1, 0.15) is 36.8 Å². The summed E-state index contributed by atoms with van der Waals surface area (Å²) in [5.41, 5.74) is -0.666. The molecule has 7 nitrogen and oxygen atoms in total. The Bertz CT molecular complexity index is 1060. The maximum Gasteiger partial charge on any atom is 0.274 e. The fraction of sp³-hybridized carbons (Fsp3) is 0.350. The number of benzene rings is 1. The second-order valence-corrected chi connectivity index (χ2v) is 11.4. The first-order valence-electron chi connectivity index (χ1n) is 9.30. The number of nitrogens with zero attached hydrogens (tertiary/aromatic N) is 1. The maximum absolute atomic E-state index is 14.8. The van der Waals surface area contributed by atoms with Crippen molar-refractivity contribution in [3.05, 3.63) is 59.4 Å². The molecule has 0 aliphatic carbocycles. The number of amides is 1. The van der Waals surface area contributed by atoms with Gasteiger partial charge in [-0.1, -0.05) is 0 Å². The number of halogens is 2. The predicted octanol–water partition coefficient (Wildman–Crippen LogP) is 2.34. The SMILES string of the molecule is CN[SH]1(=O)C[C@@](C)(c2cc(NC(=O)c3ccc(F)cn3)ccc2F)NC(=N)C1(C)C. The fourth-order valence-corrected chi connectivity index (χ4v) is 6.20. The number of carbonyl (C=O) groups is 1. The van der Waals surface area contributed by atoms with Crippen LogP contribution in [0.4, 0.5) is 14.5 Å². The van der Waals surface area contributed by atoms with Crippen LogP contribution < -0.4 is 15.4 Å². The minimum absolute atomic E-state index is 0.00693. The van der Waals surface area contributed by atoms with E-state index in [1.807, 2.05) is 0 Å². The number of aromatic nitrogens is 1. The van der Waals surface area contributed by atoms with E-state index in [9.17, 15) is 17.8 Å². The molecule has 4 N–H and O–H groups in total. The van der Waals surface area contributed by atoms with E-state index < -0.39 is 37.9 Å². The third kappa shape index (κ3) is 3.72. The molecule has 10 heteroatoms. The number of nitrogens with one attached hydrogen (secondary N) is 4. The average molecular weight is 438 g/mol. The molecule has 2 aromatic rings. The summed E-state index contributed by atoms with van der Waals surface area (Å²) in [6.07, 6.45) is 0.931. The Morgan fingerprint density at radius 1 is 1.23 bits per heavy atom. The molecule has 1 aliphatic heterocycles. The number of carbonyl (C=O) groups excluding carboxylic acids is 1. The molecular formula is C20H25F2N5O2S. The summed E-state index contributed by atoms with van der Waals surface area (Å²) in [6.45, 7) is 5.09. The van der Waals surface area contributed by atoms with Crippen LogP contribution in [0.25, 0.3) is 0 Å². The van der Waals surface area contributed by atoms with Crippen molar-refractivity contribution in [2.45, 2.75) is 31.1 Å². The van der Waals surface area contributed by atoms with Gasteiger partial charge in [0.1, 0.15) is 23.2 Å². The van der Waals surface area contributed by atoms with E-state index in [1.54, 1.807) is 27.8 Å². The first-order valence-corrected chi connectivity index (χ1v) is 11.2. The summed E-state index contributed by atoms with van der Waals surface area (Å²) >= 11 is 0. The van der Waals surface area contributed by atoms with Gasteiger partial charge in [-0.25, -0.2) is 13.8 Å². The third-order valence-corrected chi connectivity index (χ3v) is 9.42. The average Bonchev–Trinajstić information content (AvgIpc) is 2.68. The van der Waals surface area contributed by atoms with Crippen LogP contribution in [0.2, 0.25) is 0 Å². The lowest BCUT2D eigenvalue weighted by Crippen LogP contribution is -2.69. The van der Waals surface area contributed by atoms with Crippen molar-refractivity contribution in [1.29, 1.82) is 5.41 Å². The number of pyridine rings is 1. The molecule has 0 saturated carbocycles. The summed E-state index contributed by atoms with van der Waals surface area (Å²) in [4.78, 5) is 16.1. The molecule has 1 saturated heterocycles. The molecule has 0 unspecified atom stereocenters. The number of anilines is 1. The Labute approximate surface area is 174 Å². The number of rotatable bonds is 4. The maximum atomic E-state index is 14.8. The topological polar surface area (TPSA) is 107 Å². The Balaban J connectivity index is 1.95. The van der Waals surface area contributed by atoms with Gasteiger partial charge >= 0.3 is 0 Å². The zero-order chi connectivity index (χ0) is 22.3. The first-order chi connectivity index (χ1) is 13.9. The van der Waals surface area contributed by atoms with E-state index in [-0.39, 0.29) is 22.8 Å². The molecule has 0 bridgehead atoms. The quantitative estimate of drug-likeness (QED) is 0.473. The van der Waals surface area contributed by atoms with Crippen molar-refractivity contribution in [2.75, 3.05) is 18.1 Å². The Kier molecular flexibility index (Phi) is 5.50. The zero-order valence-electron chi connectivity index (χ0n) is 17.1. The molecule has 1 aliphatic rings. The van der Waals surface area contributed by atoms with Crippen LogP contribution >= 0.6 is 0 Å². The highest BCUT2D eigenvalue weighted by Crippen LogP contribution is 2.38. The van der Waals surface area contributed by atoms with E-state index in [0.717, 1.165) is 12.3 Å². The van der Waals surface area contributed by atoms with Gasteiger partial charge in [-0.15, -0.1) is 0 Å². The van der Waals surface area contributed by atoms with Crippen LogP contribution in [-0.2, 0) is 15.7 Å². The van der Waals surface area contributed by atoms with E-state index in [4.69, 9.17) is 5.41 Å². The van der Waals surface area contributed by atoms with Gasteiger partial charge in [0, 0.05) is 17.0 Å². The molecule has 0 radical (unpaired) electrons. The molecule has 2 heterocycles. The summed E-state index contributed by atoms with van der Waals surface area (Å²) in [6, 6.07) is 6.39. The van der Waals surface area contributed by atoms with Crippen LogP contribution in [0.3, 0.4) is 0 Å². The fourth-order valence-electron chi connectivity index (χ4n) is 3.53. The van der Waals surface area contributed by atoms with Crippen molar-refractivity contribution in [3.63, 3.8) is 0 Å². The van der Waals surface area contributed by atoms with Gasteiger partial charge in [0.2, 0.25) is 0 Å². The standard InChI is InChI=1S/C20H25F2N5O2S/c1-19(2)18(23)27-20(3,11-30(19,29)24-4)14-9-13(6-7-15(14)22)26-17(28)16-8-5-12(21)10-25-16/h5-10,30H,11H2,1-4H3,(H2,23,27)(H,24,29)(H,26,28)/t20-/m0/s1. The van der Waals surface area contributed by atoms with Gasteiger partial charge in [-0.3, -0.25) is 19.1 Å². The van der Waals surface area contributed by atoms with Crippen molar-refractivity contribution in [1.82, 2.24) is 15.0 Å². The molecule has 1 fully saturated rings. The zero-order valence-corrected chi connectivity index (χ0v) is 18.0. The summed E-state index contributed by atoms with van der Waals surface area (Å²) in [5.74, 6) is -1.59. The molecule has 0 spiro atoms. The van der Waals surface area contributed by atoms with Crippen molar-refractivity contribution in [3.8, 4) is 0 Å². The van der Waals surface area contributed by atoms with Crippen molar-refractivity contribution in [2.24, 2.45) is 0 Å². The Morgan fingerprint density at radius 3 is 2.53 bits per heavy atom. The predicted molar refractivity (Wildman–Crippen MR) is 114 cm³/mol. The van der Waals surface area contributed by atoms with Crippen molar-refractivity contribution < 1.29 is 17.8 Å². The van der Waals surface area contributed by atoms with E-state index in [0.29, 0.717) is 5.69 Å². The van der Waals surface area contributed by atoms with E-state index >= 15 is 0 Å². The highest BCUT2D eigenvalue weighted by atomic mass is 32.3. The minimum atomic E-state index is -3.09. The lowest BCUT2D eigenvalue weighted by molar-refractivity contribution is 0.102. The second-order valence-electron chi connectivity index (χ2n) is 8.02. The Hall–Kier alpha value is -2.72. The van der Waals surface area contributed by atoms with E-state index in [2.05, 4.69) is 20.3 Å². The van der Waals surface area contributed by atoms with Gasteiger partial charge in [0.05, 0.1) is 16.5 Å². The van der Waals surface area contributed by atoms with Gasteiger partial charge < -0.3 is 10.6 Å². The molecule has 1 aromatic carbocycles. The first kappa shape index (κ1) is 22.0. The highest BCUT2D eigenvalue weighted by molar-refractivity contribution is 8.03. The third-order valence-electron chi connectivity index (χ3n) is 5.59. The number of thiol groups is 1. The summed E-state index contributed by atoms with van der Waals surface area (Å²) in [5, 5.41) is 14.0. The van der Waals surface area contributed by atoms with Crippen LogP contribution in [0, 0.1) is 17.0 Å². The number of hydrogen-bond acceptors (Lipinski definition) is 4. The van der Waals surface area contributed by atoms with E-state index in [1.165, 1.54) is 24.3 Å². The summed E-state index contributed by atoms with van der Waals surface area (Å²) < 4.78 is 43.3. The number of amidine groups is 1. The van der Waals surface area contributed by atoms with Crippen LogP contribution in [0.15, 0.2) is 36.5 Å².